The summed E-state index contributed by atoms with van der Waals surface area (Å²) in [5, 5.41) is 147. The fraction of sp³-hybridized carbons (Fsp3) is 1.00. The summed E-state index contributed by atoms with van der Waals surface area (Å²) in [6.45, 7) is 28.5. The summed E-state index contributed by atoms with van der Waals surface area (Å²) in [5.41, 5.74) is 0. The van der Waals surface area contributed by atoms with Crippen molar-refractivity contribution < 1.29 is 473 Å². The number of hydrogen-bond acceptors (Lipinski definition) is 32. The van der Waals surface area contributed by atoms with Gasteiger partial charge in [0.05, 0.1) is 160 Å². The smallest absolute Gasteiger partial charge is 0.693 e. The maximum atomic E-state index is 9.17. The Bertz CT molecular complexity index is 1370. The van der Waals surface area contributed by atoms with Gasteiger partial charge in [-0.3, -0.25) is 78.4 Å². The van der Waals surface area contributed by atoms with Crippen LogP contribution in [0.25, 0.3) is 36.9 Å². The molecule has 8 atom stereocenters. The summed E-state index contributed by atoms with van der Waals surface area (Å²) in [4.78, 5) is 39.5. The fourth-order valence-corrected chi connectivity index (χ4v) is 14.3. The van der Waals surface area contributed by atoms with Crippen molar-refractivity contribution in [2.24, 2.45) is 47.3 Å². The SMILES string of the molecule is C1N2CN3CN1CN(C2)C3.C1N2CN3CN1CN(C2)C3.C1N2CN3CN1CN(C2)C3.C1N2CN3CN1CN(C2)C3.O.O.O.O.O.O.OC(O)C1CC(C(O)O)C(C(O)O)CC1C(O)O.OC(O)C1CC(C(O)O)C(C(O)O)CC1C(O)O.[Ag+].[Ag+].[Ag+].[Ag+].[Ag+].[Ag+].[Ag+].[Ag+].[Ag].[Ag].[Ag].[Ag].[Ag].[Ag].[Ag].[Ag].[NH2-].[NH2-].[NH2-].[NH2-].[NH2-].[NH2-]. The van der Waals surface area contributed by atoms with Gasteiger partial charge in [0.1, 0.15) is 0 Å². The van der Waals surface area contributed by atoms with Crippen molar-refractivity contribution >= 4 is 0 Å². The summed E-state index contributed by atoms with van der Waals surface area (Å²) in [7, 11) is 0. The normalized spacial score (nSPS) is 33.9. The van der Waals surface area contributed by atoms with E-state index in [9.17, 15) is 0 Å². The Morgan fingerprint density at radius 1 is 0.144 bits per heavy atom. The molecule has 16 saturated heterocycles. The van der Waals surface area contributed by atoms with Crippen LogP contribution in [0.3, 0.4) is 0 Å². The number of aliphatic hydroxyl groups is 16. The van der Waals surface area contributed by atoms with Gasteiger partial charge in [0, 0.05) is 226 Å². The van der Waals surface area contributed by atoms with E-state index in [1.807, 2.05) is 0 Å². The average molecular weight is 3030 g/mol. The minimum absolute atomic E-state index is 0. The second-order valence-corrected chi connectivity index (χ2v) is 23.7. The molecule has 0 aromatic rings. The van der Waals surface area contributed by atoms with E-state index in [4.69, 9.17) is 81.7 Å². The van der Waals surface area contributed by atoms with E-state index in [0.717, 1.165) is 0 Å². The minimum atomic E-state index is -1.85. The van der Waals surface area contributed by atoms with Gasteiger partial charge < -0.3 is 151 Å². The van der Waals surface area contributed by atoms with Gasteiger partial charge in [0.2, 0.25) is 0 Å². The van der Waals surface area contributed by atoms with Crippen molar-refractivity contribution in [1.82, 2.24) is 78.4 Å². The Kier molecular flexibility index (Phi) is 125. The van der Waals surface area contributed by atoms with Crippen LogP contribution in [-0.2, 0) is 358 Å². The molecule has 2 saturated carbocycles. The van der Waals surface area contributed by atoms with Crippen molar-refractivity contribution in [3.8, 4) is 0 Å². The molecule has 0 amide bonds. The van der Waals surface area contributed by atoms with E-state index < -0.39 is 97.7 Å². The monoisotopic (exact) mass is 3010 g/mol. The predicted molar refractivity (Wildman–Crippen MR) is 312 cm³/mol. The quantitative estimate of drug-likeness (QED) is 0.0793. The van der Waals surface area contributed by atoms with E-state index >= 15 is 0 Å². The maximum absolute atomic E-state index is 9.17. The molecule has 16 heterocycles. The first kappa shape index (κ1) is 165. The first-order valence-electron chi connectivity index (χ1n) is 26.6. The molecule has 18 fully saturated rings. The second-order valence-electron chi connectivity index (χ2n) is 23.7. The standard InChI is InChI=1S/2C10H20O8.4C6H12N4.16Ag.6H2N.6H2O/c2*11-7(12)3-1-4(8(13)14)6(10(17)18)2-5(3)9(15)16;4*1-7-2-9-4-8(1)5-10(3-7)6-9;;;;;;;;;;;;;;;;;;;;;;;;;;;;/h2*3-18H,1-2H2;4*1-6H2;;;;;;;;;;;;;;;;;12*1H2/q;;;;;;;;;;;;;;8*+1;6*-1;;;;;;. The largest absolute Gasteiger partial charge is 1.00 e. The number of hydrogen-bond donors (Lipinski definition) is 16. The van der Waals surface area contributed by atoms with E-state index in [1.54, 1.807) is 0 Å². The van der Waals surface area contributed by atoms with Crippen LogP contribution in [0, 0.1) is 47.3 Å². The van der Waals surface area contributed by atoms with Gasteiger partial charge >= 0.3 is 179 Å². The molecule has 2 aliphatic carbocycles. The fourth-order valence-electron chi connectivity index (χ4n) is 14.3. The molecule has 0 aromatic carbocycles. The summed E-state index contributed by atoms with van der Waals surface area (Å²) < 4.78 is 0. The topological polar surface area (TPSA) is 766 Å². The Labute approximate surface area is 858 Å². The van der Waals surface area contributed by atoms with E-state index in [1.165, 1.54) is 160 Å². The van der Waals surface area contributed by atoms with Crippen molar-refractivity contribution in [3.05, 3.63) is 36.9 Å². The molecule has 8 unspecified atom stereocenters. The van der Waals surface area contributed by atoms with Crippen LogP contribution < -0.4 is 0 Å². The van der Waals surface area contributed by atoms with Gasteiger partial charge in [0.15, 0.2) is 50.3 Å². The molecule has 44 nitrogen and oxygen atoms in total. The molecular formula is C44H112Ag16N22O22+2. The third-order valence-corrected chi connectivity index (χ3v) is 17.0. The van der Waals surface area contributed by atoms with Crippen LogP contribution >= 0.6 is 0 Å². The van der Waals surface area contributed by atoms with E-state index in [-0.39, 0.29) is 454 Å². The maximum Gasteiger partial charge on any atom is 1.00 e. The number of nitrogens with two attached hydrogens (primary N) is 6. The molecule has 16 bridgehead atoms. The third-order valence-electron chi connectivity index (χ3n) is 17.0. The average Bonchev–Trinajstić information content (AvgIpc) is 3.32. The van der Waals surface area contributed by atoms with Crippen molar-refractivity contribution in [2.45, 2.75) is 76.0 Å². The van der Waals surface area contributed by atoms with Crippen molar-refractivity contribution in [3.63, 3.8) is 0 Å². The zero-order valence-electron chi connectivity index (χ0n) is 54.6. The van der Waals surface area contributed by atoms with Gasteiger partial charge in [-0.25, -0.2) is 0 Å². The molecule has 16 aliphatic heterocycles. The molecule has 60 heteroatoms. The van der Waals surface area contributed by atoms with Gasteiger partial charge in [-0.15, -0.1) is 0 Å². The molecule has 704 valence electrons. The van der Waals surface area contributed by atoms with Crippen LogP contribution in [0.15, 0.2) is 0 Å². The van der Waals surface area contributed by atoms with Crippen LogP contribution in [0.1, 0.15) is 25.7 Å². The number of rotatable bonds is 8. The third kappa shape index (κ3) is 47.8. The van der Waals surface area contributed by atoms with Crippen LogP contribution in [0.4, 0.5) is 0 Å². The predicted octanol–water partition coefficient (Wildman–Crippen LogP) is -11.8. The Balaban J connectivity index is -0.0000000434. The second kappa shape index (κ2) is 79.0. The molecule has 0 spiro atoms. The first-order chi connectivity index (χ1) is 36.1. The Morgan fingerprint density at radius 3 is 0.231 bits per heavy atom. The van der Waals surface area contributed by atoms with Crippen LogP contribution in [-0.4, -0.2) is 403 Å². The minimum Gasteiger partial charge on any atom is -0.693 e. The zero-order chi connectivity index (χ0) is 54.3. The molecule has 0 aromatic heterocycles. The summed E-state index contributed by atoms with van der Waals surface area (Å²) in [6.07, 6.45) is -15.5. The van der Waals surface area contributed by atoms with Gasteiger partial charge in [-0.1, -0.05) is 0 Å². The molecule has 40 N–H and O–H groups in total. The number of nitrogens with zero attached hydrogens (tertiary/aromatic N) is 16. The Hall–Kier alpha value is 10.1. The zero-order valence-corrected chi connectivity index (χ0v) is 78.4. The molecule has 18 rings (SSSR count). The van der Waals surface area contributed by atoms with Gasteiger partial charge in [-0.05, 0) is 25.7 Å². The summed E-state index contributed by atoms with van der Waals surface area (Å²) in [6, 6.07) is 0. The van der Waals surface area contributed by atoms with Gasteiger partial charge in [0.25, 0.3) is 0 Å². The van der Waals surface area contributed by atoms with E-state index in [0.29, 0.717) is 0 Å². The van der Waals surface area contributed by atoms with Crippen molar-refractivity contribution in [2.75, 3.05) is 160 Å². The van der Waals surface area contributed by atoms with Crippen molar-refractivity contribution in [1.29, 1.82) is 0 Å². The van der Waals surface area contributed by atoms with Crippen LogP contribution in [0.2, 0.25) is 0 Å². The molecule has 104 heavy (non-hydrogen) atoms. The summed E-state index contributed by atoms with van der Waals surface area (Å²) in [5.74, 6) is -7.84. The van der Waals surface area contributed by atoms with Crippen LogP contribution in [0.5, 0.6) is 0 Å². The van der Waals surface area contributed by atoms with E-state index in [2.05, 4.69) is 78.4 Å². The number of aliphatic hydroxyl groups excluding tert-OH is 8. The summed E-state index contributed by atoms with van der Waals surface area (Å²) >= 11 is 0. The van der Waals surface area contributed by atoms with Gasteiger partial charge in [-0.2, -0.15) is 0 Å². The Morgan fingerprint density at radius 2 is 0.192 bits per heavy atom. The molecule has 8 radical (unpaired) electrons. The first-order valence-corrected chi connectivity index (χ1v) is 26.6. The molecule has 18 aliphatic rings. The molecular weight excluding hydrogens is 2910 g/mol.